The Labute approximate surface area is 206 Å². The van der Waals surface area contributed by atoms with E-state index in [1.165, 1.54) is 35.2 Å². The Morgan fingerprint density at radius 2 is 1.65 bits per heavy atom. The van der Waals surface area contributed by atoms with E-state index < -0.39 is 0 Å². The van der Waals surface area contributed by atoms with Gasteiger partial charge in [0.05, 0.1) is 6.04 Å². The molecule has 4 nitrogen and oxygen atoms in total. The summed E-state index contributed by atoms with van der Waals surface area (Å²) in [5.41, 5.74) is 11.4. The topological polar surface area (TPSA) is 49.6 Å². The van der Waals surface area contributed by atoms with Crippen molar-refractivity contribution >= 4 is 12.0 Å². The van der Waals surface area contributed by atoms with Gasteiger partial charge in [0.1, 0.15) is 6.29 Å². The fourth-order valence-electron chi connectivity index (χ4n) is 4.70. The Hall–Kier alpha value is -2.43. The van der Waals surface area contributed by atoms with E-state index in [0.29, 0.717) is 6.04 Å². The van der Waals surface area contributed by atoms with E-state index in [9.17, 15) is 4.79 Å². The van der Waals surface area contributed by atoms with Crippen molar-refractivity contribution in [3.63, 3.8) is 0 Å². The molecule has 0 amide bonds. The second-order valence-corrected chi connectivity index (χ2v) is 10.1. The molecule has 0 aromatic heterocycles. The third kappa shape index (κ3) is 8.11. The lowest BCUT2D eigenvalue weighted by atomic mass is 9.97. The molecule has 1 aliphatic heterocycles. The van der Waals surface area contributed by atoms with Gasteiger partial charge in [0, 0.05) is 31.4 Å². The summed E-state index contributed by atoms with van der Waals surface area (Å²) in [6.45, 7) is 10.6. The molecule has 2 N–H and O–H groups in total. The van der Waals surface area contributed by atoms with Crippen molar-refractivity contribution in [1.29, 1.82) is 0 Å². The number of aryl methyl sites for hydroxylation is 2. The molecule has 34 heavy (non-hydrogen) atoms. The minimum absolute atomic E-state index is 0.241. The Kier molecular flexibility index (Phi) is 10.4. The molecule has 2 aromatic carbocycles. The van der Waals surface area contributed by atoms with Gasteiger partial charge in [-0.3, -0.25) is 0 Å². The Morgan fingerprint density at radius 1 is 1.03 bits per heavy atom. The fourth-order valence-corrected chi connectivity index (χ4v) is 4.70. The van der Waals surface area contributed by atoms with Crippen LogP contribution in [0.15, 0.2) is 66.2 Å². The summed E-state index contributed by atoms with van der Waals surface area (Å²) >= 11 is 0. The number of aldehydes is 1. The van der Waals surface area contributed by atoms with Crippen LogP contribution in [-0.2, 0) is 17.6 Å². The maximum atomic E-state index is 10.9. The number of hydrogen-bond donors (Lipinski definition) is 1. The number of nitrogens with zero attached hydrogens (tertiary/aromatic N) is 2. The first-order chi connectivity index (χ1) is 16.5. The molecule has 184 valence electrons. The predicted octanol–water partition coefficient (Wildman–Crippen LogP) is 5.26. The van der Waals surface area contributed by atoms with Gasteiger partial charge in [-0.25, -0.2) is 0 Å². The standard InChI is InChI=1S/C30H43N3O/c1-24(2)15-22-33(29-17-20-32(21-18-29)19-16-25(3)30(31)23-34)28-13-11-27(12-14-28)10-9-26-7-5-4-6-8-26/h4-8,11-15,23,25,29-30H,9-10,16-22,31H2,1-3H3. The third-order valence-corrected chi connectivity index (χ3v) is 7.22. The quantitative estimate of drug-likeness (QED) is 0.346. The molecule has 0 spiro atoms. The number of piperidine rings is 1. The smallest absolute Gasteiger partial charge is 0.136 e. The van der Waals surface area contributed by atoms with Crippen LogP contribution in [0.3, 0.4) is 0 Å². The zero-order chi connectivity index (χ0) is 24.3. The van der Waals surface area contributed by atoms with Crippen LogP contribution in [0, 0.1) is 5.92 Å². The van der Waals surface area contributed by atoms with Crippen molar-refractivity contribution in [3.8, 4) is 0 Å². The molecule has 1 fully saturated rings. The molecule has 1 heterocycles. The van der Waals surface area contributed by atoms with Gasteiger partial charge in [0.25, 0.3) is 0 Å². The third-order valence-electron chi connectivity index (χ3n) is 7.22. The molecule has 1 saturated heterocycles. The number of hydrogen-bond acceptors (Lipinski definition) is 4. The molecular formula is C30H43N3O. The van der Waals surface area contributed by atoms with Crippen LogP contribution in [0.1, 0.15) is 51.2 Å². The monoisotopic (exact) mass is 461 g/mol. The van der Waals surface area contributed by atoms with Crippen LogP contribution in [0.4, 0.5) is 5.69 Å². The zero-order valence-corrected chi connectivity index (χ0v) is 21.3. The lowest BCUT2D eigenvalue weighted by molar-refractivity contribution is -0.109. The molecule has 3 rings (SSSR count). The van der Waals surface area contributed by atoms with Crippen molar-refractivity contribution in [3.05, 3.63) is 77.4 Å². The fraction of sp³-hybridized carbons (Fsp3) is 0.500. The minimum Gasteiger partial charge on any atom is -0.365 e. The van der Waals surface area contributed by atoms with E-state index >= 15 is 0 Å². The number of rotatable bonds is 12. The molecule has 0 radical (unpaired) electrons. The molecular weight excluding hydrogens is 418 g/mol. The summed E-state index contributed by atoms with van der Waals surface area (Å²) in [5, 5.41) is 0. The van der Waals surface area contributed by atoms with E-state index in [1.807, 2.05) is 0 Å². The van der Waals surface area contributed by atoms with E-state index in [-0.39, 0.29) is 12.0 Å². The van der Waals surface area contributed by atoms with Crippen molar-refractivity contribution in [2.45, 2.75) is 65.0 Å². The van der Waals surface area contributed by atoms with Gasteiger partial charge in [-0.15, -0.1) is 0 Å². The van der Waals surface area contributed by atoms with Crippen LogP contribution in [-0.4, -0.2) is 49.4 Å². The first kappa shape index (κ1) is 26.2. The van der Waals surface area contributed by atoms with Crippen molar-refractivity contribution < 1.29 is 4.79 Å². The average Bonchev–Trinajstić information content (AvgIpc) is 2.87. The van der Waals surface area contributed by atoms with E-state index in [2.05, 4.69) is 91.2 Å². The van der Waals surface area contributed by atoms with Gasteiger partial charge in [-0.05, 0) is 81.7 Å². The molecule has 2 aromatic rings. The highest BCUT2D eigenvalue weighted by molar-refractivity contribution is 5.57. The summed E-state index contributed by atoms with van der Waals surface area (Å²) in [6, 6.07) is 20.2. The first-order valence-corrected chi connectivity index (χ1v) is 12.9. The first-order valence-electron chi connectivity index (χ1n) is 12.9. The number of carbonyl (C=O) groups is 1. The average molecular weight is 462 g/mol. The van der Waals surface area contributed by atoms with E-state index in [0.717, 1.165) is 51.7 Å². The summed E-state index contributed by atoms with van der Waals surface area (Å²) < 4.78 is 0. The van der Waals surface area contributed by atoms with Crippen molar-refractivity contribution in [2.75, 3.05) is 31.1 Å². The molecule has 0 saturated carbocycles. The van der Waals surface area contributed by atoms with Crippen molar-refractivity contribution in [1.82, 2.24) is 4.90 Å². The van der Waals surface area contributed by atoms with Crippen LogP contribution >= 0.6 is 0 Å². The Balaban J connectivity index is 1.57. The highest BCUT2D eigenvalue weighted by atomic mass is 16.1. The lowest BCUT2D eigenvalue weighted by Gasteiger charge is -2.40. The maximum absolute atomic E-state index is 10.9. The van der Waals surface area contributed by atoms with Gasteiger partial charge in [-0.1, -0.05) is 61.0 Å². The molecule has 0 bridgehead atoms. The summed E-state index contributed by atoms with van der Waals surface area (Å²) in [6.07, 6.45) is 8.69. The predicted molar refractivity (Wildman–Crippen MR) is 144 cm³/mol. The second kappa shape index (κ2) is 13.5. The number of allylic oxidation sites excluding steroid dienone is 1. The largest absolute Gasteiger partial charge is 0.365 e. The number of carbonyl (C=O) groups excluding carboxylic acids is 1. The van der Waals surface area contributed by atoms with Gasteiger partial charge in [0.2, 0.25) is 0 Å². The summed E-state index contributed by atoms with van der Waals surface area (Å²) in [5.74, 6) is 0.241. The number of benzene rings is 2. The number of likely N-dealkylation sites (tertiary alicyclic amines) is 1. The molecule has 1 aliphatic rings. The van der Waals surface area contributed by atoms with Gasteiger partial charge in [-0.2, -0.15) is 0 Å². The maximum Gasteiger partial charge on any atom is 0.136 e. The van der Waals surface area contributed by atoms with Crippen molar-refractivity contribution in [2.24, 2.45) is 11.7 Å². The SMILES string of the molecule is CC(C)=CCN(c1ccc(CCc2ccccc2)cc1)C1CCN(CCC(C)C(N)C=O)CC1. The highest BCUT2D eigenvalue weighted by Gasteiger charge is 2.25. The highest BCUT2D eigenvalue weighted by Crippen LogP contribution is 2.25. The Morgan fingerprint density at radius 3 is 2.24 bits per heavy atom. The van der Waals surface area contributed by atoms with E-state index in [1.54, 1.807) is 0 Å². The summed E-state index contributed by atoms with van der Waals surface area (Å²) in [4.78, 5) is 16.1. The zero-order valence-electron chi connectivity index (χ0n) is 21.3. The molecule has 0 aliphatic carbocycles. The Bertz CT molecular complexity index is 881. The van der Waals surface area contributed by atoms with Gasteiger partial charge in [0.15, 0.2) is 0 Å². The number of nitrogens with two attached hydrogens (primary N) is 1. The molecule has 2 atom stereocenters. The van der Waals surface area contributed by atoms with Gasteiger partial charge < -0.3 is 20.3 Å². The van der Waals surface area contributed by atoms with Crippen LogP contribution in [0.2, 0.25) is 0 Å². The molecule has 4 heteroatoms. The van der Waals surface area contributed by atoms with Crippen LogP contribution in [0.25, 0.3) is 0 Å². The normalized spacial score (nSPS) is 16.6. The van der Waals surface area contributed by atoms with Gasteiger partial charge >= 0.3 is 0 Å². The van der Waals surface area contributed by atoms with Crippen LogP contribution in [0.5, 0.6) is 0 Å². The lowest BCUT2D eigenvalue weighted by Crippen LogP contribution is -2.46. The second-order valence-electron chi connectivity index (χ2n) is 10.1. The minimum atomic E-state index is -0.340. The van der Waals surface area contributed by atoms with Crippen LogP contribution < -0.4 is 10.6 Å². The number of anilines is 1. The molecule has 2 unspecified atom stereocenters. The summed E-state index contributed by atoms with van der Waals surface area (Å²) in [7, 11) is 0. The van der Waals surface area contributed by atoms with E-state index in [4.69, 9.17) is 5.73 Å².